The number of carbonyl (C=O) groups excluding carboxylic acids is 2. The molecule has 1 heterocycles. The lowest BCUT2D eigenvalue weighted by Gasteiger charge is -2.29. The van der Waals surface area contributed by atoms with E-state index in [9.17, 15) is 9.59 Å². The normalized spacial score (nSPS) is 15.6. The Morgan fingerprint density at radius 3 is 2.05 bits per heavy atom. The van der Waals surface area contributed by atoms with Crippen LogP contribution in [-0.4, -0.2) is 57.0 Å². The zero-order valence-electron chi connectivity index (χ0n) is 25.7. The van der Waals surface area contributed by atoms with Crippen molar-refractivity contribution in [2.45, 2.75) is 72.8 Å². The van der Waals surface area contributed by atoms with Gasteiger partial charge >= 0.3 is 5.97 Å². The predicted octanol–water partition coefficient (Wildman–Crippen LogP) is 6.55. The average Bonchev–Trinajstić information content (AvgIpc) is 3.28. The summed E-state index contributed by atoms with van der Waals surface area (Å²) in [5, 5.41) is 0. The number of carbonyl (C=O) groups is 2. The minimum atomic E-state index is -1.12. The molecule has 2 aromatic carbocycles. The van der Waals surface area contributed by atoms with E-state index in [1.54, 1.807) is 19.2 Å². The van der Waals surface area contributed by atoms with Crippen molar-refractivity contribution in [3.05, 3.63) is 47.5 Å². The van der Waals surface area contributed by atoms with Gasteiger partial charge in [-0.2, -0.15) is 0 Å². The van der Waals surface area contributed by atoms with Crippen LogP contribution in [0.25, 0.3) is 0 Å². The van der Waals surface area contributed by atoms with Crippen molar-refractivity contribution in [2.75, 3.05) is 34.5 Å². The summed E-state index contributed by atoms with van der Waals surface area (Å²) in [4.78, 5) is 33.0. The highest BCUT2D eigenvalue weighted by atomic mass is 16.5. The lowest BCUT2D eigenvalue weighted by Crippen LogP contribution is -2.41. The molecule has 1 aliphatic rings. The maximum atomic E-state index is 13.0. The molecule has 8 nitrogen and oxygen atoms in total. The molecule has 0 radical (unpaired) electrons. The van der Waals surface area contributed by atoms with Gasteiger partial charge in [0.1, 0.15) is 17.3 Å². The quantitative estimate of drug-likeness (QED) is 0.0843. The summed E-state index contributed by atoms with van der Waals surface area (Å²) < 4.78 is 21.9. The Morgan fingerprint density at radius 2 is 1.54 bits per heavy atom. The first kappa shape index (κ1) is 32.0. The van der Waals surface area contributed by atoms with Crippen LogP contribution >= 0.6 is 0 Å². The van der Waals surface area contributed by atoms with Gasteiger partial charge in [-0.3, -0.25) is 9.59 Å². The van der Waals surface area contributed by atoms with Gasteiger partial charge in [0.15, 0.2) is 29.8 Å². The summed E-state index contributed by atoms with van der Waals surface area (Å²) in [5.41, 5.74) is 2.90. The van der Waals surface area contributed by atoms with Crippen molar-refractivity contribution in [3.63, 3.8) is 0 Å². The second-order valence-electron chi connectivity index (χ2n) is 11.7. The van der Waals surface area contributed by atoms with Gasteiger partial charge in [-0.25, -0.2) is 4.99 Å². The Balaban J connectivity index is 2.08. The first-order valence-electron chi connectivity index (χ1n) is 14.5. The van der Waals surface area contributed by atoms with E-state index in [4.69, 9.17) is 23.9 Å². The summed E-state index contributed by atoms with van der Waals surface area (Å²) in [6.45, 7) is 9.72. The lowest BCUT2D eigenvalue weighted by atomic mass is 9.88. The van der Waals surface area contributed by atoms with Crippen LogP contribution < -0.4 is 14.2 Å². The zero-order valence-corrected chi connectivity index (χ0v) is 25.7. The molecule has 41 heavy (non-hydrogen) atoms. The van der Waals surface area contributed by atoms with E-state index < -0.39 is 11.9 Å². The summed E-state index contributed by atoms with van der Waals surface area (Å²) >= 11 is 0. The van der Waals surface area contributed by atoms with Gasteiger partial charge in [0.2, 0.25) is 0 Å². The van der Waals surface area contributed by atoms with Crippen LogP contribution in [0.15, 0.2) is 41.4 Å². The van der Waals surface area contributed by atoms with Crippen LogP contribution in [-0.2, 0) is 27.3 Å². The minimum Gasteiger partial charge on any atom is -0.496 e. The van der Waals surface area contributed by atoms with Gasteiger partial charge in [0, 0.05) is 25.2 Å². The Bertz CT molecular complexity index is 1160. The zero-order chi connectivity index (χ0) is 30.0. The molecule has 224 valence electrons. The number of Topliss-reactive ketones (excluding diaryl/α,β-unsaturated/α-hetero) is 1. The molecule has 1 atom stereocenters. The van der Waals surface area contributed by atoms with Crippen LogP contribution in [0.2, 0.25) is 0 Å². The van der Waals surface area contributed by atoms with Gasteiger partial charge < -0.3 is 23.8 Å². The molecule has 0 saturated carbocycles. The molecule has 0 N–H and O–H groups in total. The number of nitrogens with zero attached hydrogens (tertiary/aromatic N) is 2. The SMILES string of the molecule is CCCCCCCN(Cc1ccc(CC(C)(C)C)cc1)C(=Nc1c(OC)cc(OC)cc1OC)C1C(=O)COC1=O. The van der Waals surface area contributed by atoms with Crippen LogP contribution in [0, 0.1) is 11.3 Å². The van der Waals surface area contributed by atoms with E-state index in [0.717, 1.165) is 37.7 Å². The molecule has 3 rings (SSSR count). The number of rotatable bonds is 14. The molecule has 1 saturated heterocycles. The molecule has 0 aromatic heterocycles. The fourth-order valence-corrected chi connectivity index (χ4v) is 5.00. The predicted molar refractivity (Wildman–Crippen MR) is 161 cm³/mol. The number of hydrogen-bond acceptors (Lipinski definition) is 7. The number of cyclic esters (lactones) is 1. The third-order valence-corrected chi connectivity index (χ3v) is 7.07. The summed E-state index contributed by atoms with van der Waals surface area (Å²) in [5.74, 6) is -0.318. The highest BCUT2D eigenvalue weighted by molar-refractivity contribution is 6.22. The molecule has 8 heteroatoms. The Hall–Kier alpha value is -3.55. The maximum absolute atomic E-state index is 13.0. The van der Waals surface area contributed by atoms with Gasteiger partial charge in [-0.05, 0) is 29.4 Å². The smallest absolute Gasteiger partial charge is 0.324 e. The van der Waals surface area contributed by atoms with E-state index in [-0.39, 0.29) is 17.8 Å². The topological polar surface area (TPSA) is 86.7 Å². The minimum absolute atomic E-state index is 0.186. The second kappa shape index (κ2) is 14.9. The second-order valence-corrected chi connectivity index (χ2v) is 11.7. The fraction of sp³-hybridized carbons (Fsp3) is 0.545. The summed E-state index contributed by atoms with van der Waals surface area (Å²) in [6.07, 6.45) is 6.36. The van der Waals surface area contributed by atoms with Crippen molar-refractivity contribution in [1.29, 1.82) is 0 Å². The van der Waals surface area contributed by atoms with Gasteiger partial charge in [0.25, 0.3) is 0 Å². The number of amidine groups is 1. The number of unbranched alkanes of at least 4 members (excludes halogenated alkanes) is 4. The number of esters is 1. The number of ether oxygens (including phenoxy) is 4. The number of methoxy groups -OCH3 is 3. The van der Waals surface area contributed by atoms with Crippen molar-refractivity contribution >= 4 is 23.3 Å². The van der Waals surface area contributed by atoms with E-state index in [1.165, 1.54) is 26.2 Å². The molecule has 1 fully saturated rings. The van der Waals surface area contributed by atoms with Crippen molar-refractivity contribution < 1.29 is 28.5 Å². The molecule has 0 spiro atoms. The Kier molecular flexibility index (Phi) is 11.6. The van der Waals surface area contributed by atoms with Crippen molar-refractivity contribution in [2.24, 2.45) is 16.3 Å². The van der Waals surface area contributed by atoms with E-state index in [2.05, 4.69) is 52.0 Å². The molecule has 2 aromatic rings. The molecule has 1 aliphatic heterocycles. The van der Waals surface area contributed by atoms with Crippen LogP contribution in [0.4, 0.5) is 5.69 Å². The monoisotopic (exact) mass is 566 g/mol. The standard InChI is InChI=1S/C33H46N2O6/c1-8-9-10-11-12-17-35(21-24-15-13-23(14-16-24)20-33(2,3)4)31(29-26(36)22-41-32(29)37)34-30-27(39-6)18-25(38-5)19-28(30)40-7/h13-16,18-19,29H,8-12,17,20-22H2,1-7H3. The van der Waals surface area contributed by atoms with E-state index >= 15 is 0 Å². The first-order chi connectivity index (χ1) is 19.6. The van der Waals surface area contributed by atoms with Gasteiger partial charge in [-0.1, -0.05) is 77.6 Å². The number of ketones is 1. The van der Waals surface area contributed by atoms with Crippen LogP contribution in [0.3, 0.4) is 0 Å². The first-order valence-corrected chi connectivity index (χ1v) is 14.5. The van der Waals surface area contributed by atoms with Crippen molar-refractivity contribution in [1.82, 2.24) is 4.90 Å². The third-order valence-electron chi connectivity index (χ3n) is 7.07. The third kappa shape index (κ3) is 8.97. The van der Waals surface area contributed by atoms with E-state index in [1.807, 2.05) is 4.90 Å². The summed E-state index contributed by atoms with van der Waals surface area (Å²) in [6, 6.07) is 12.0. The largest absolute Gasteiger partial charge is 0.496 e. The average molecular weight is 567 g/mol. The molecule has 1 unspecified atom stereocenters. The summed E-state index contributed by atoms with van der Waals surface area (Å²) in [7, 11) is 4.63. The fourth-order valence-electron chi connectivity index (χ4n) is 5.00. The van der Waals surface area contributed by atoms with E-state index in [0.29, 0.717) is 41.9 Å². The highest BCUT2D eigenvalue weighted by Crippen LogP contribution is 2.42. The van der Waals surface area contributed by atoms with Crippen molar-refractivity contribution in [3.8, 4) is 17.2 Å². The molecule has 0 amide bonds. The maximum Gasteiger partial charge on any atom is 0.324 e. The highest BCUT2D eigenvalue weighted by Gasteiger charge is 2.42. The molecular formula is C33H46N2O6. The van der Waals surface area contributed by atoms with Gasteiger partial charge in [-0.15, -0.1) is 0 Å². The van der Waals surface area contributed by atoms with Crippen LogP contribution in [0.1, 0.15) is 70.9 Å². The van der Waals surface area contributed by atoms with Gasteiger partial charge in [0.05, 0.1) is 21.3 Å². The molecule has 0 aliphatic carbocycles. The number of benzene rings is 2. The Morgan fingerprint density at radius 1 is 0.927 bits per heavy atom. The number of hydrogen-bond donors (Lipinski definition) is 0. The number of aliphatic imine (C=N–C) groups is 1. The van der Waals surface area contributed by atoms with Crippen LogP contribution in [0.5, 0.6) is 17.2 Å². The lowest BCUT2D eigenvalue weighted by molar-refractivity contribution is -0.139. The molecular weight excluding hydrogens is 520 g/mol. The molecule has 0 bridgehead atoms. The Labute approximate surface area is 245 Å².